The van der Waals surface area contributed by atoms with Crippen LogP contribution >= 0.6 is 0 Å². The molecule has 0 amide bonds. The number of aromatic nitrogens is 2. The lowest BCUT2D eigenvalue weighted by molar-refractivity contribution is -0.153. The van der Waals surface area contributed by atoms with Crippen molar-refractivity contribution < 1.29 is 9.53 Å². The molecule has 0 bridgehead atoms. The number of rotatable bonds is 2. The van der Waals surface area contributed by atoms with Crippen molar-refractivity contribution in [3.63, 3.8) is 0 Å². The molecule has 0 aliphatic heterocycles. The van der Waals surface area contributed by atoms with E-state index in [9.17, 15) is 4.79 Å². The predicted molar refractivity (Wildman–Crippen MR) is 70.1 cm³/mol. The van der Waals surface area contributed by atoms with Crippen molar-refractivity contribution >= 4 is 16.9 Å². The molecular weight excluding hydrogens is 228 g/mol. The van der Waals surface area contributed by atoms with E-state index >= 15 is 0 Å². The summed E-state index contributed by atoms with van der Waals surface area (Å²) < 4.78 is 5.28. The Bertz CT molecular complexity index is 579. The van der Waals surface area contributed by atoms with Gasteiger partial charge in [-0.1, -0.05) is 12.1 Å². The van der Waals surface area contributed by atoms with Crippen LogP contribution in [-0.2, 0) is 16.0 Å². The van der Waals surface area contributed by atoms with Gasteiger partial charge in [0.25, 0.3) is 0 Å². The van der Waals surface area contributed by atoms with Gasteiger partial charge in [0.15, 0.2) is 0 Å². The molecule has 0 saturated carbocycles. The van der Waals surface area contributed by atoms with Crippen LogP contribution in [0.25, 0.3) is 10.9 Å². The third-order valence-electron chi connectivity index (χ3n) is 2.44. The van der Waals surface area contributed by atoms with Crippen LogP contribution in [0, 0.1) is 6.92 Å². The topological polar surface area (TPSA) is 55.0 Å². The first-order chi connectivity index (χ1) is 8.35. The van der Waals surface area contributed by atoms with Gasteiger partial charge in [0.2, 0.25) is 0 Å². The molecule has 0 fully saturated rings. The monoisotopic (exact) mass is 245 g/mol. The predicted octanol–water partition coefficient (Wildman–Crippen LogP) is 2.63. The minimum atomic E-state index is -0.469. The van der Waals surface area contributed by atoms with Crippen molar-refractivity contribution in [2.24, 2.45) is 0 Å². The molecule has 1 radical (unpaired) electrons. The average molecular weight is 245 g/mol. The molecule has 2 aromatic rings. The van der Waals surface area contributed by atoms with Crippen molar-refractivity contribution in [1.82, 2.24) is 10.2 Å². The third kappa shape index (κ3) is 2.88. The maximum Gasteiger partial charge on any atom is 0.312 e. The number of benzene rings is 1. The quantitative estimate of drug-likeness (QED) is 0.827. The van der Waals surface area contributed by atoms with Gasteiger partial charge in [0, 0.05) is 5.39 Å². The molecule has 1 N–H and O–H groups in total. The fourth-order valence-electron chi connectivity index (χ4n) is 1.77. The summed E-state index contributed by atoms with van der Waals surface area (Å²) in [5, 5.41) is 7.99. The second-order valence-corrected chi connectivity index (χ2v) is 5.31. The summed E-state index contributed by atoms with van der Waals surface area (Å²) in [6.45, 7) is 9.40. The van der Waals surface area contributed by atoms with E-state index in [4.69, 9.17) is 4.74 Å². The van der Waals surface area contributed by atoms with Crippen LogP contribution < -0.4 is 0 Å². The van der Waals surface area contributed by atoms with Gasteiger partial charge in [0.05, 0.1) is 17.6 Å². The summed E-state index contributed by atoms with van der Waals surface area (Å²) in [4.78, 5) is 11.7. The van der Waals surface area contributed by atoms with Gasteiger partial charge < -0.3 is 4.74 Å². The molecule has 4 nitrogen and oxygen atoms in total. The first kappa shape index (κ1) is 12.6. The Hall–Kier alpha value is -1.84. The standard InChI is InChI=1S/C14H17N2O2/c1-9-5-6-10-11(7-9)15-16-12(10)8-13(17)18-14(2,3)4/h5-7H,1,8H2,2-4H3,(H,15,16). The lowest BCUT2D eigenvalue weighted by atomic mass is 10.1. The van der Waals surface area contributed by atoms with Crippen LogP contribution in [0.15, 0.2) is 18.2 Å². The van der Waals surface area contributed by atoms with E-state index in [0.29, 0.717) is 5.69 Å². The van der Waals surface area contributed by atoms with E-state index < -0.39 is 5.60 Å². The number of hydrogen-bond donors (Lipinski definition) is 1. The zero-order valence-corrected chi connectivity index (χ0v) is 10.9. The normalized spacial score (nSPS) is 11.8. The zero-order chi connectivity index (χ0) is 13.3. The van der Waals surface area contributed by atoms with Crippen LogP contribution in [0.3, 0.4) is 0 Å². The van der Waals surface area contributed by atoms with E-state index in [2.05, 4.69) is 17.1 Å². The highest BCUT2D eigenvalue weighted by Gasteiger charge is 2.18. The van der Waals surface area contributed by atoms with Gasteiger partial charge in [-0.2, -0.15) is 5.10 Å². The number of esters is 1. The smallest absolute Gasteiger partial charge is 0.312 e. The Kier molecular flexibility index (Phi) is 3.11. The van der Waals surface area contributed by atoms with Crippen LogP contribution in [0.5, 0.6) is 0 Å². The molecular formula is C14H17N2O2. The summed E-state index contributed by atoms with van der Waals surface area (Å²) in [5.41, 5.74) is 2.04. The molecule has 1 heterocycles. The van der Waals surface area contributed by atoms with Gasteiger partial charge >= 0.3 is 5.97 Å². The molecule has 2 rings (SSSR count). The molecule has 4 heteroatoms. The molecule has 0 spiro atoms. The second kappa shape index (κ2) is 4.44. The Morgan fingerprint density at radius 1 is 1.44 bits per heavy atom. The number of ether oxygens (including phenoxy) is 1. The average Bonchev–Trinajstić information content (AvgIpc) is 2.57. The maximum absolute atomic E-state index is 11.7. The van der Waals surface area contributed by atoms with Gasteiger partial charge in [-0.3, -0.25) is 9.89 Å². The second-order valence-electron chi connectivity index (χ2n) is 5.31. The summed E-state index contributed by atoms with van der Waals surface area (Å²) in [6.07, 6.45) is 0.174. The molecule has 0 saturated heterocycles. The van der Waals surface area contributed by atoms with Crippen molar-refractivity contribution in [3.05, 3.63) is 36.4 Å². The highest BCUT2D eigenvalue weighted by molar-refractivity contribution is 5.86. The third-order valence-corrected chi connectivity index (χ3v) is 2.44. The Morgan fingerprint density at radius 2 is 2.17 bits per heavy atom. The van der Waals surface area contributed by atoms with E-state index in [1.807, 2.05) is 39.0 Å². The Labute approximate surface area is 106 Å². The Morgan fingerprint density at radius 3 is 2.83 bits per heavy atom. The summed E-state index contributed by atoms with van der Waals surface area (Å²) in [6, 6.07) is 5.72. The fourth-order valence-corrected chi connectivity index (χ4v) is 1.77. The van der Waals surface area contributed by atoms with E-state index in [-0.39, 0.29) is 12.4 Å². The summed E-state index contributed by atoms with van der Waals surface area (Å²) >= 11 is 0. The summed E-state index contributed by atoms with van der Waals surface area (Å²) in [7, 11) is 0. The van der Waals surface area contributed by atoms with E-state index in [0.717, 1.165) is 16.5 Å². The highest BCUT2D eigenvalue weighted by Crippen LogP contribution is 2.18. The van der Waals surface area contributed by atoms with Crippen LogP contribution in [0.1, 0.15) is 32.0 Å². The van der Waals surface area contributed by atoms with E-state index in [1.165, 1.54) is 0 Å². The number of nitrogens with zero attached hydrogens (tertiary/aromatic N) is 1. The maximum atomic E-state index is 11.7. The number of carbonyl (C=O) groups excluding carboxylic acids is 1. The lowest BCUT2D eigenvalue weighted by Gasteiger charge is -2.19. The van der Waals surface area contributed by atoms with Gasteiger partial charge in [-0.25, -0.2) is 0 Å². The summed E-state index contributed by atoms with van der Waals surface area (Å²) in [5.74, 6) is -0.269. The largest absolute Gasteiger partial charge is 0.460 e. The van der Waals surface area contributed by atoms with Crippen molar-refractivity contribution in [2.45, 2.75) is 32.8 Å². The first-order valence-electron chi connectivity index (χ1n) is 5.86. The molecule has 95 valence electrons. The number of nitrogens with one attached hydrogen (secondary N) is 1. The lowest BCUT2D eigenvalue weighted by Crippen LogP contribution is -2.25. The number of hydrogen-bond acceptors (Lipinski definition) is 3. The minimum Gasteiger partial charge on any atom is -0.460 e. The van der Waals surface area contributed by atoms with Crippen molar-refractivity contribution in [1.29, 1.82) is 0 Å². The van der Waals surface area contributed by atoms with Crippen LogP contribution in [0.2, 0.25) is 0 Å². The fraction of sp³-hybridized carbons (Fsp3) is 0.357. The van der Waals surface area contributed by atoms with Crippen molar-refractivity contribution in [2.75, 3.05) is 0 Å². The van der Waals surface area contributed by atoms with Crippen LogP contribution in [0.4, 0.5) is 0 Å². The number of carbonyl (C=O) groups is 1. The zero-order valence-electron chi connectivity index (χ0n) is 10.9. The Balaban J connectivity index is 2.20. The van der Waals surface area contributed by atoms with Gasteiger partial charge in [-0.15, -0.1) is 0 Å². The number of H-pyrrole nitrogens is 1. The molecule has 0 aliphatic rings. The van der Waals surface area contributed by atoms with Gasteiger partial charge in [0.1, 0.15) is 5.60 Å². The van der Waals surface area contributed by atoms with Gasteiger partial charge in [-0.05, 0) is 39.3 Å². The highest BCUT2D eigenvalue weighted by atomic mass is 16.6. The van der Waals surface area contributed by atoms with Crippen LogP contribution in [-0.4, -0.2) is 21.8 Å². The van der Waals surface area contributed by atoms with Crippen molar-refractivity contribution in [3.8, 4) is 0 Å². The molecule has 1 aromatic heterocycles. The molecule has 0 aliphatic carbocycles. The van der Waals surface area contributed by atoms with E-state index in [1.54, 1.807) is 0 Å². The number of aromatic amines is 1. The molecule has 0 unspecified atom stereocenters. The molecule has 1 aromatic carbocycles. The number of fused-ring (bicyclic) bond motifs is 1. The minimum absolute atomic E-state index is 0.174. The molecule has 18 heavy (non-hydrogen) atoms. The SMILES string of the molecule is [CH2]c1ccc2c(CC(=O)OC(C)(C)C)n[nH]c2c1. The molecule has 0 atom stereocenters. The first-order valence-corrected chi connectivity index (χ1v) is 5.86.